The Bertz CT molecular complexity index is 823. The molecule has 1 amide bonds. The lowest BCUT2D eigenvalue weighted by molar-refractivity contribution is -0.136. The Morgan fingerprint density at radius 3 is 2.32 bits per heavy atom. The minimum absolute atomic E-state index is 0.0164. The van der Waals surface area contributed by atoms with Crippen LogP contribution < -0.4 is 0 Å². The fourth-order valence-electron chi connectivity index (χ4n) is 3.29. The third-order valence-electron chi connectivity index (χ3n) is 4.77. The van der Waals surface area contributed by atoms with Gasteiger partial charge in [0.05, 0.1) is 22.3 Å². The van der Waals surface area contributed by atoms with Gasteiger partial charge < -0.3 is 4.90 Å². The van der Waals surface area contributed by atoms with Crippen molar-refractivity contribution in [3.63, 3.8) is 0 Å². The molecule has 0 spiro atoms. The molecule has 0 aliphatic carbocycles. The molecule has 2 saturated heterocycles. The maximum atomic E-state index is 12.7. The van der Waals surface area contributed by atoms with Crippen molar-refractivity contribution in [1.29, 1.82) is 0 Å². The first-order chi connectivity index (χ1) is 11.8. The van der Waals surface area contributed by atoms with E-state index in [-0.39, 0.29) is 41.9 Å². The molecule has 0 radical (unpaired) electrons. The highest BCUT2D eigenvalue weighted by Gasteiger charge is 2.36. The van der Waals surface area contributed by atoms with Gasteiger partial charge in [-0.05, 0) is 25.0 Å². The molecular formula is C16H22N2O5S2. The van der Waals surface area contributed by atoms with E-state index in [1.165, 1.54) is 4.31 Å². The number of rotatable bonds is 3. The van der Waals surface area contributed by atoms with Crippen LogP contribution in [0.4, 0.5) is 0 Å². The number of sulfone groups is 1. The second-order valence-electron chi connectivity index (χ2n) is 6.49. The minimum Gasteiger partial charge on any atom is -0.340 e. The van der Waals surface area contributed by atoms with Gasteiger partial charge in [0.25, 0.3) is 0 Å². The van der Waals surface area contributed by atoms with Crippen molar-refractivity contribution in [2.75, 3.05) is 37.7 Å². The Morgan fingerprint density at radius 2 is 1.68 bits per heavy atom. The van der Waals surface area contributed by atoms with Gasteiger partial charge in [0.2, 0.25) is 15.9 Å². The summed E-state index contributed by atoms with van der Waals surface area (Å²) in [5.41, 5.74) is 0. The zero-order valence-electron chi connectivity index (χ0n) is 13.9. The Balaban J connectivity index is 1.70. The fourth-order valence-corrected chi connectivity index (χ4v) is 6.04. The molecule has 138 valence electrons. The summed E-state index contributed by atoms with van der Waals surface area (Å²) in [5, 5.41) is 0. The summed E-state index contributed by atoms with van der Waals surface area (Å²) in [6.45, 7) is 0.945. The summed E-state index contributed by atoms with van der Waals surface area (Å²) in [6, 6.07) is 8.21. The Kier molecular flexibility index (Phi) is 5.17. The van der Waals surface area contributed by atoms with Crippen molar-refractivity contribution >= 4 is 25.8 Å². The smallest absolute Gasteiger partial charge is 0.243 e. The van der Waals surface area contributed by atoms with E-state index in [2.05, 4.69) is 0 Å². The van der Waals surface area contributed by atoms with Gasteiger partial charge in [0.15, 0.2) is 9.84 Å². The average Bonchev–Trinajstić information content (AvgIpc) is 2.62. The largest absolute Gasteiger partial charge is 0.340 e. The number of hydrogen-bond donors (Lipinski definition) is 0. The molecule has 3 rings (SSSR count). The maximum absolute atomic E-state index is 12.7. The van der Waals surface area contributed by atoms with Gasteiger partial charge in [0.1, 0.15) is 0 Å². The first kappa shape index (κ1) is 18.3. The van der Waals surface area contributed by atoms with E-state index < -0.39 is 25.8 Å². The standard InChI is InChI=1S/C16H22N2O5S2/c19-16(17-9-11-24(20,21)12-10-17)14-5-4-8-18(13-14)25(22,23)15-6-2-1-3-7-15/h1-3,6-7,14H,4-5,8-13H2. The Morgan fingerprint density at radius 1 is 1.04 bits per heavy atom. The molecule has 7 nitrogen and oxygen atoms in total. The molecule has 1 aromatic carbocycles. The average molecular weight is 386 g/mol. The van der Waals surface area contributed by atoms with Gasteiger partial charge in [-0.3, -0.25) is 4.79 Å². The molecule has 0 N–H and O–H groups in total. The molecule has 2 heterocycles. The lowest BCUT2D eigenvalue weighted by Gasteiger charge is -2.35. The maximum Gasteiger partial charge on any atom is 0.243 e. The summed E-state index contributed by atoms with van der Waals surface area (Å²) in [4.78, 5) is 14.5. The molecule has 2 fully saturated rings. The number of piperidine rings is 1. The number of amides is 1. The van der Waals surface area contributed by atoms with Crippen LogP contribution in [0.1, 0.15) is 12.8 Å². The highest BCUT2D eigenvalue weighted by Crippen LogP contribution is 2.25. The van der Waals surface area contributed by atoms with Gasteiger partial charge in [-0.25, -0.2) is 16.8 Å². The van der Waals surface area contributed by atoms with Crippen LogP contribution in [0.2, 0.25) is 0 Å². The molecule has 0 saturated carbocycles. The van der Waals surface area contributed by atoms with E-state index in [0.29, 0.717) is 19.4 Å². The fraction of sp³-hybridized carbons (Fsp3) is 0.562. The lowest BCUT2D eigenvalue weighted by Crippen LogP contribution is -2.50. The summed E-state index contributed by atoms with van der Waals surface area (Å²) in [5.74, 6) is -0.578. The van der Waals surface area contributed by atoms with E-state index in [1.54, 1.807) is 35.2 Å². The van der Waals surface area contributed by atoms with Gasteiger partial charge in [0, 0.05) is 26.2 Å². The summed E-state index contributed by atoms with van der Waals surface area (Å²) in [6.07, 6.45) is 1.25. The number of carbonyl (C=O) groups is 1. The first-order valence-corrected chi connectivity index (χ1v) is 11.6. The second kappa shape index (κ2) is 7.05. The number of benzene rings is 1. The van der Waals surface area contributed by atoms with Crippen LogP contribution >= 0.6 is 0 Å². The first-order valence-electron chi connectivity index (χ1n) is 8.34. The molecule has 1 aromatic rings. The second-order valence-corrected chi connectivity index (χ2v) is 10.7. The van der Waals surface area contributed by atoms with Crippen molar-refractivity contribution in [3.05, 3.63) is 30.3 Å². The van der Waals surface area contributed by atoms with E-state index in [4.69, 9.17) is 0 Å². The van der Waals surface area contributed by atoms with Gasteiger partial charge in [-0.1, -0.05) is 18.2 Å². The molecule has 1 unspecified atom stereocenters. The lowest BCUT2D eigenvalue weighted by atomic mass is 9.98. The Hall–Kier alpha value is -1.45. The molecule has 2 aliphatic rings. The van der Waals surface area contributed by atoms with Crippen molar-refractivity contribution in [3.8, 4) is 0 Å². The van der Waals surface area contributed by atoms with Crippen LogP contribution in [0.25, 0.3) is 0 Å². The predicted octanol–water partition coefficient (Wildman–Crippen LogP) is 0.344. The number of sulfonamides is 1. The summed E-state index contributed by atoms with van der Waals surface area (Å²) >= 11 is 0. The van der Waals surface area contributed by atoms with Crippen molar-refractivity contribution in [2.45, 2.75) is 17.7 Å². The zero-order valence-corrected chi connectivity index (χ0v) is 15.5. The van der Waals surface area contributed by atoms with Crippen LogP contribution in [0.5, 0.6) is 0 Å². The van der Waals surface area contributed by atoms with Crippen molar-refractivity contribution in [2.24, 2.45) is 5.92 Å². The van der Waals surface area contributed by atoms with E-state index >= 15 is 0 Å². The number of hydrogen-bond acceptors (Lipinski definition) is 5. The third-order valence-corrected chi connectivity index (χ3v) is 8.26. The van der Waals surface area contributed by atoms with E-state index in [1.807, 2.05) is 0 Å². The highest BCUT2D eigenvalue weighted by molar-refractivity contribution is 7.91. The van der Waals surface area contributed by atoms with Crippen LogP contribution in [0.3, 0.4) is 0 Å². The number of carbonyl (C=O) groups excluding carboxylic acids is 1. The van der Waals surface area contributed by atoms with Gasteiger partial charge >= 0.3 is 0 Å². The quantitative estimate of drug-likeness (QED) is 0.747. The summed E-state index contributed by atoms with van der Waals surface area (Å²) < 4.78 is 49.9. The highest BCUT2D eigenvalue weighted by atomic mass is 32.2. The molecule has 25 heavy (non-hydrogen) atoms. The van der Waals surface area contributed by atoms with Crippen molar-refractivity contribution < 1.29 is 21.6 Å². The molecule has 0 aromatic heterocycles. The van der Waals surface area contributed by atoms with Gasteiger partial charge in [-0.2, -0.15) is 4.31 Å². The van der Waals surface area contributed by atoms with E-state index in [0.717, 1.165) is 0 Å². The predicted molar refractivity (Wildman–Crippen MR) is 93.2 cm³/mol. The minimum atomic E-state index is -3.61. The van der Waals surface area contributed by atoms with Crippen LogP contribution in [-0.4, -0.2) is 69.6 Å². The van der Waals surface area contributed by atoms with Gasteiger partial charge in [-0.15, -0.1) is 0 Å². The molecular weight excluding hydrogens is 364 g/mol. The topological polar surface area (TPSA) is 91.8 Å². The molecule has 9 heteroatoms. The van der Waals surface area contributed by atoms with Crippen LogP contribution in [-0.2, 0) is 24.7 Å². The third kappa shape index (κ3) is 4.04. The van der Waals surface area contributed by atoms with E-state index in [9.17, 15) is 21.6 Å². The monoisotopic (exact) mass is 386 g/mol. The van der Waals surface area contributed by atoms with Crippen LogP contribution in [0, 0.1) is 5.92 Å². The molecule has 2 aliphatic heterocycles. The van der Waals surface area contributed by atoms with Crippen LogP contribution in [0.15, 0.2) is 35.2 Å². The number of nitrogens with zero attached hydrogens (tertiary/aromatic N) is 2. The SMILES string of the molecule is O=C(C1CCCN(S(=O)(=O)c2ccccc2)C1)N1CCS(=O)(=O)CC1. The Labute approximate surface area is 148 Å². The van der Waals surface area contributed by atoms with Crippen molar-refractivity contribution in [1.82, 2.24) is 9.21 Å². The normalized spacial score (nSPS) is 24.8. The molecule has 1 atom stereocenters. The molecule has 0 bridgehead atoms. The zero-order chi connectivity index (χ0) is 18.1. The summed E-state index contributed by atoms with van der Waals surface area (Å²) in [7, 11) is -6.66.